The van der Waals surface area contributed by atoms with E-state index in [0.717, 1.165) is 23.0 Å². The maximum Gasteiger partial charge on any atom is 0.269 e. The molecule has 3 aromatic rings. The van der Waals surface area contributed by atoms with Crippen LogP contribution in [0.1, 0.15) is 5.56 Å². The SMILES string of the molecule is O=[N+]([O-])c1ccc(CCNc2nccc3nccnc23)cc1. The summed E-state index contributed by atoms with van der Waals surface area (Å²) in [6.07, 6.45) is 5.69. The van der Waals surface area contributed by atoms with Crippen LogP contribution in [0.5, 0.6) is 0 Å². The zero-order chi connectivity index (χ0) is 15.4. The number of anilines is 1. The quantitative estimate of drug-likeness (QED) is 0.574. The lowest BCUT2D eigenvalue weighted by atomic mass is 10.1. The molecule has 7 nitrogen and oxygen atoms in total. The summed E-state index contributed by atoms with van der Waals surface area (Å²) in [6, 6.07) is 8.35. The van der Waals surface area contributed by atoms with Crippen molar-refractivity contribution in [3.8, 4) is 0 Å². The van der Waals surface area contributed by atoms with Gasteiger partial charge in [0.25, 0.3) is 5.69 Å². The molecule has 0 saturated heterocycles. The molecule has 0 bridgehead atoms. The number of aromatic nitrogens is 3. The van der Waals surface area contributed by atoms with Gasteiger partial charge in [0.1, 0.15) is 5.52 Å². The third kappa shape index (κ3) is 2.98. The van der Waals surface area contributed by atoms with Crippen molar-refractivity contribution in [2.75, 3.05) is 11.9 Å². The number of nitro groups is 1. The Morgan fingerprint density at radius 3 is 2.55 bits per heavy atom. The van der Waals surface area contributed by atoms with Crippen LogP contribution in [-0.4, -0.2) is 26.4 Å². The second-order valence-corrected chi connectivity index (χ2v) is 4.68. The van der Waals surface area contributed by atoms with Gasteiger partial charge in [-0.3, -0.25) is 15.1 Å². The van der Waals surface area contributed by atoms with Crippen LogP contribution in [0.15, 0.2) is 48.9 Å². The van der Waals surface area contributed by atoms with Gasteiger partial charge in [-0.05, 0) is 18.1 Å². The zero-order valence-electron chi connectivity index (χ0n) is 11.6. The summed E-state index contributed by atoms with van der Waals surface area (Å²) in [4.78, 5) is 23.0. The van der Waals surface area contributed by atoms with Crippen molar-refractivity contribution < 1.29 is 4.92 Å². The zero-order valence-corrected chi connectivity index (χ0v) is 11.6. The summed E-state index contributed by atoms with van der Waals surface area (Å²) in [6.45, 7) is 0.653. The first-order valence-corrected chi connectivity index (χ1v) is 6.77. The maximum atomic E-state index is 10.6. The van der Waals surface area contributed by atoms with Crippen molar-refractivity contribution in [2.24, 2.45) is 0 Å². The highest BCUT2D eigenvalue weighted by Crippen LogP contribution is 2.16. The second-order valence-electron chi connectivity index (χ2n) is 4.68. The second kappa shape index (κ2) is 6.13. The van der Waals surface area contributed by atoms with E-state index in [2.05, 4.69) is 20.3 Å². The largest absolute Gasteiger partial charge is 0.368 e. The molecular formula is C15H13N5O2. The predicted octanol–water partition coefficient (Wildman–Crippen LogP) is 2.59. The van der Waals surface area contributed by atoms with Gasteiger partial charge in [-0.1, -0.05) is 12.1 Å². The van der Waals surface area contributed by atoms with E-state index >= 15 is 0 Å². The minimum atomic E-state index is -0.402. The molecule has 0 spiro atoms. The molecule has 0 aliphatic rings. The van der Waals surface area contributed by atoms with Gasteiger partial charge in [0.15, 0.2) is 5.82 Å². The molecule has 0 saturated carbocycles. The van der Waals surface area contributed by atoms with Gasteiger partial charge in [-0.25, -0.2) is 9.97 Å². The molecule has 0 atom stereocenters. The Bertz CT molecular complexity index is 799. The molecule has 1 N–H and O–H groups in total. The van der Waals surface area contributed by atoms with Crippen molar-refractivity contribution in [3.63, 3.8) is 0 Å². The number of fused-ring (bicyclic) bond motifs is 1. The van der Waals surface area contributed by atoms with Gasteiger partial charge in [0, 0.05) is 37.3 Å². The highest BCUT2D eigenvalue weighted by molar-refractivity contribution is 5.84. The van der Waals surface area contributed by atoms with Crippen LogP contribution >= 0.6 is 0 Å². The molecule has 110 valence electrons. The van der Waals surface area contributed by atoms with Crippen molar-refractivity contribution in [1.82, 2.24) is 15.0 Å². The van der Waals surface area contributed by atoms with Gasteiger partial charge < -0.3 is 5.32 Å². The molecule has 0 amide bonds. The number of nitro benzene ring substituents is 1. The summed E-state index contributed by atoms with van der Waals surface area (Å²) < 4.78 is 0. The third-order valence-corrected chi connectivity index (χ3v) is 3.24. The molecule has 3 rings (SSSR count). The minimum absolute atomic E-state index is 0.0997. The third-order valence-electron chi connectivity index (χ3n) is 3.24. The Labute approximate surface area is 126 Å². The van der Waals surface area contributed by atoms with E-state index in [-0.39, 0.29) is 5.69 Å². The minimum Gasteiger partial charge on any atom is -0.368 e. The van der Waals surface area contributed by atoms with E-state index in [0.29, 0.717) is 12.4 Å². The first-order valence-electron chi connectivity index (χ1n) is 6.77. The van der Waals surface area contributed by atoms with Crippen molar-refractivity contribution in [2.45, 2.75) is 6.42 Å². The molecule has 22 heavy (non-hydrogen) atoms. The molecule has 1 aromatic carbocycles. The highest BCUT2D eigenvalue weighted by atomic mass is 16.6. The average Bonchev–Trinajstić information content (AvgIpc) is 2.55. The van der Waals surface area contributed by atoms with Crippen LogP contribution in [0.2, 0.25) is 0 Å². The Hall–Kier alpha value is -3.09. The molecule has 2 heterocycles. The molecule has 2 aromatic heterocycles. The molecule has 0 unspecified atom stereocenters. The normalized spacial score (nSPS) is 10.5. The van der Waals surface area contributed by atoms with Gasteiger partial charge >= 0.3 is 0 Å². The van der Waals surface area contributed by atoms with Crippen LogP contribution in [0.4, 0.5) is 11.5 Å². The van der Waals surface area contributed by atoms with Gasteiger partial charge in [0.2, 0.25) is 0 Å². The number of hydrogen-bond acceptors (Lipinski definition) is 6. The maximum absolute atomic E-state index is 10.6. The fourth-order valence-electron chi connectivity index (χ4n) is 2.14. The van der Waals surface area contributed by atoms with E-state index in [4.69, 9.17) is 0 Å². The summed E-state index contributed by atoms with van der Waals surface area (Å²) in [5.41, 5.74) is 2.64. The average molecular weight is 295 g/mol. The van der Waals surface area contributed by atoms with Crippen LogP contribution in [0.25, 0.3) is 11.0 Å². The van der Waals surface area contributed by atoms with Crippen molar-refractivity contribution in [1.29, 1.82) is 0 Å². The Balaban J connectivity index is 1.66. The lowest BCUT2D eigenvalue weighted by molar-refractivity contribution is -0.384. The Kier molecular flexibility index (Phi) is 3.86. The summed E-state index contributed by atoms with van der Waals surface area (Å²) in [7, 11) is 0. The lowest BCUT2D eigenvalue weighted by Crippen LogP contribution is -2.07. The number of nitrogens with one attached hydrogen (secondary N) is 1. The van der Waals surface area contributed by atoms with Gasteiger partial charge in [-0.2, -0.15) is 0 Å². The number of rotatable bonds is 5. The van der Waals surface area contributed by atoms with Crippen LogP contribution in [-0.2, 0) is 6.42 Å². The number of hydrogen-bond donors (Lipinski definition) is 1. The standard InChI is InChI=1S/C15H13N5O2/c21-20(22)12-3-1-11(2-4-12)5-7-18-15-14-13(6-8-19-15)16-9-10-17-14/h1-4,6,8-10H,5,7H2,(H,18,19). The summed E-state index contributed by atoms with van der Waals surface area (Å²) in [5, 5.41) is 13.8. The monoisotopic (exact) mass is 295 g/mol. The van der Waals surface area contributed by atoms with Crippen molar-refractivity contribution in [3.05, 3.63) is 64.6 Å². The van der Waals surface area contributed by atoms with Gasteiger partial charge in [0.05, 0.1) is 10.4 Å². The van der Waals surface area contributed by atoms with E-state index in [9.17, 15) is 10.1 Å². The number of pyridine rings is 1. The Morgan fingerprint density at radius 2 is 1.77 bits per heavy atom. The first kappa shape index (κ1) is 13.9. The summed E-state index contributed by atoms with van der Waals surface area (Å²) in [5.74, 6) is 0.688. The molecular weight excluding hydrogens is 282 g/mol. The van der Waals surface area contributed by atoms with E-state index in [1.165, 1.54) is 12.1 Å². The number of non-ortho nitro benzene ring substituents is 1. The van der Waals surface area contributed by atoms with Crippen LogP contribution < -0.4 is 5.32 Å². The lowest BCUT2D eigenvalue weighted by Gasteiger charge is -2.07. The molecule has 7 heteroatoms. The predicted molar refractivity (Wildman–Crippen MR) is 82.6 cm³/mol. The number of nitrogens with zero attached hydrogens (tertiary/aromatic N) is 4. The summed E-state index contributed by atoms with van der Waals surface area (Å²) >= 11 is 0. The Morgan fingerprint density at radius 1 is 1.00 bits per heavy atom. The van der Waals surface area contributed by atoms with E-state index in [1.807, 2.05) is 6.07 Å². The van der Waals surface area contributed by atoms with Crippen LogP contribution in [0, 0.1) is 10.1 Å². The molecule has 0 aliphatic heterocycles. The van der Waals surface area contributed by atoms with Crippen molar-refractivity contribution >= 4 is 22.5 Å². The highest BCUT2D eigenvalue weighted by Gasteiger charge is 2.05. The van der Waals surface area contributed by atoms with Gasteiger partial charge in [-0.15, -0.1) is 0 Å². The smallest absolute Gasteiger partial charge is 0.269 e. The molecule has 0 fully saturated rings. The van der Waals surface area contributed by atoms with E-state index < -0.39 is 4.92 Å². The number of benzene rings is 1. The van der Waals surface area contributed by atoms with E-state index in [1.54, 1.807) is 30.7 Å². The molecule has 0 radical (unpaired) electrons. The fraction of sp³-hybridized carbons (Fsp3) is 0.133. The first-order chi connectivity index (χ1) is 10.7. The van der Waals surface area contributed by atoms with Crippen LogP contribution in [0.3, 0.4) is 0 Å². The topological polar surface area (TPSA) is 93.8 Å². The fourth-order valence-corrected chi connectivity index (χ4v) is 2.14. The molecule has 0 aliphatic carbocycles.